The molecular weight excluding hydrogens is 300 g/mol. The molecule has 0 aromatic carbocycles. The van der Waals surface area contributed by atoms with Crippen LogP contribution in [0.5, 0.6) is 0 Å². The van der Waals surface area contributed by atoms with E-state index in [-0.39, 0.29) is 0 Å². The van der Waals surface area contributed by atoms with Crippen molar-refractivity contribution in [2.24, 2.45) is 11.8 Å². The third-order valence-corrected chi connectivity index (χ3v) is 6.06. The summed E-state index contributed by atoms with van der Waals surface area (Å²) in [6.45, 7) is 6.59. The maximum Gasteiger partial charge on any atom is 0.153 e. The van der Waals surface area contributed by atoms with Gasteiger partial charge in [-0.05, 0) is 37.5 Å². The molecule has 1 aromatic rings. The summed E-state index contributed by atoms with van der Waals surface area (Å²) in [5, 5.41) is 0. The molecule has 1 aromatic heterocycles. The van der Waals surface area contributed by atoms with Crippen LogP contribution in [0.25, 0.3) is 0 Å². The van der Waals surface area contributed by atoms with Gasteiger partial charge in [-0.3, -0.25) is 9.80 Å². The molecule has 0 spiro atoms. The zero-order chi connectivity index (χ0) is 16.4. The second-order valence-electron chi connectivity index (χ2n) is 7.98. The highest BCUT2D eigenvalue weighted by Crippen LogP contribution is 2.33. The lowest BCUT2D eigenvalue weighted by Gasteiger charge is -2.40. The number of rotatable bonds is 6. The summed E-state index contributed by atoms with van der Waals surface area (Å²) in [5.74, 6) is 2.60. The standard InChI is InChI=1S/C19H30N4O/c1-24-14-19-20-7-17(8-21-19)10-22-9-16-5-6-18(13-22)23(12-16)11-15-3-2-4-15/h7-8,15-16,18H,2-6,9-14H2,1H3/t16-,18+/m1/s1. The molecule has 4 heterocycles. The third kappa shape index (κ3) is 3.79. The Morgan fingerprint density at radius 2 is 1.92 bits per heavy atom. The maximum atomic E-state index is 5.09. The normalized spacial score (nSPS) is 28.7. The first-order valence-corrected chi connectivity index (χ1v) is 9.55. The maximum absolute atomic E-state index is 5.09. The van der Waals surface area contributed by atoms with Gasteiger partial charge in [-0.1, -0.05) is 6.42 Å². The molecule has 2 atom stereocenters. The van der Waals surface area contributed by atoms with Gasteiger partial charge in [0, 0.05) is 63.8 Å². The summed E-state index contributed by atoms with van der Waals surface area (Å²) >= 11 is 0. The summed E-state index contributed by atoms with van der Waals surface area (Å²) in [5.41, 5.74) is 1.22. The van der Waals surface area contributed by atoms with E-state index in [2.05, 4.69) is 19.8 Å². The van der Waals surface area contributed by atoms with Crippen LogP contribution in [-0.4, -0.2) is 59.1 Å². The molecule has 1 saturated carbocycles. The minimum absolute atomic E-state index is 0.490. The van der Waals surface area contributed by atoms with Crippen LogP contribution in [0.1, 0.15) is 43.5 Å². The molecule has 5 nitrogen and oxygen atoms in total. The van der Waals surface area contributed by atoms with Gasteiger partial charge >= 0.3 is 0 Å². The highest BCUT2D eigenvalue weighted by Gasteiger charge is 2.36. The highest BCUT2D eigenvalue weighted by atomic mass is 16.5. The average molecular weight is 330 g/mol. The van der Waals surface area contributed by atoms with Gasteiger partial charge in [-0.2, -0.15) is 0 Å². The SMILES string of the molecule is COCc1ncc(CN2C[C@H]3CC[C@@H](C2)N(CC2CCC2)C3)cn1. The fraction of sp³-hybridized carbons (Fsp3) is 0.789. The molecule has 1 aliphatic carbocycles. The van der Waals surface area contributed by atoms with Gasteiger partial charge < -0.3 is 4.74 Å². The van der Waals surface area contributed by atoms with Crippen molar-refractivity contribution < 1.29 is 4.74 Å². The molecule has 5 rings (SSSR count). The Bertz CT molecular complexity index is 531. The van der Waals surface area contributed by atoms with Crippen molar-refractivity contribution in [3.05, 3.63) is 23.8 Å². The lowest BCUT2D eigenvalue weighted by Crippen LogP contribution is -2.46. The lowest BCUT2D eigenvalue weighted by molar-refractivity contribution is 0.0891. The van der Waals surface area contributed by atoms with Crippen LogP contribution >= 0.6 is 0 Å². The van der Waals surface area contributed by atoms with Crippen molar-refractivity contribution in [1.29, 1.82) is 0 Å². The first-order valence-electron chi connectivity index (χ1n) is 9.55. The number of hydrogen-bond acceptors (Lipinski definition) is 5. The van der Waals surface area contributed by atoms with Crippen LogP contribution in [0.2, 0.25) is 0 Å². The summed E-state index contributed by atoms with van der Waals surface area (Å²) in [7, 11) is 1.68. The van der Waals surface area contributed by atoms with Crippen molar-refractivity contribution in [2.45, 2.75) is 51.3 Å². The van der Waals surface area contributed by atoms with Gasteiger partial charge in [0.2, 0.25) is 0 Å². The van der Waals surface area contributed by atoms with E-state index in [1.54, 1.807) is 7.11 Å². The Labute approximate surface area is 145 Å². The lowest BCUT2D eigenvalue weighted by atomic mass is 9.83. The molecule has 0 unspecified atom stereocenters. The van der Waals surface area contributed by atoms with E-state index in [1.807, 2.05) is 12.4 Å². The largest absolute Gasteiger partial charge is 0.377 e. The Hall–Kier alpha value is -1.04. The molecule has 132 valence electrons. The highest BCUT2D eigenvalue weighted by molar-refractivity contribution is 5.06. The van der Waals surface area contributed by atoms with Crippen molar-refractivity contribution in [3.63, 3.8) is 0 Å². The molecule has 4 fully saturated rings. The summed E-state index contributed by atoms with van der Waals surface area (Å²) in [6, 6.07) is 0.762. The van der Waals surface area contributed by atoms with E-state index >= 15 is 0 Å². The van der Waals surface area contributed by atoms with Crippen molar-refractivity contribution in [2.75, 3.05) is 33.3 Å². The third-order valence-electron chi connectivity index (χ3n) is 6.06. The fourth-order valence-corrected chi connectivity index (χ4v) is 4.56. The number of piperidine rings is 1. The predicted octanol–water partition coefficient (Wildman–Crippen LogP) is 2.32. The quantitative estimate of drug-likeness (QED) is 0.801. The van der Waals surface area contributed by atoms with Gasteiger partial charge in [0.25, 0.3) is 0 Å². The molecule has 0 radical (unpaired) electrons. The number of aromatic nitrogens is 2. The van der Waals surface area contributed by atoms with Crippen molar-refractivity contribution in [3.8, 4) is 0 Å². The first kappa shape index (κ1) is 16.4. The molecule has 5 heteroatoms. The molecule has 3 saturated heterocycles. The van der Waals surface area contributed by atoms with Crippen LogP contribution in [-0.2, 0) is 17.9 Å². The summed E-state index contributed by atoms with van der Waals surface area (Å²) in [4.78, 5) is 14.3. The van der Waals surface area contributed by atoms with E-state index in [0.29, 0.717) is 6.61 Å². The fourth-order valence-electron chi connectivity index (χ4n) is 4.56. The second kappa shape index (κ2) is 7.46. The number of ether oxygens (including phenoxy) is 1. The predicted molar refractivity (Wildman–Crippen MR) is 93.4 cm³/mol. The smallest absolute Gasteiger partial charge is 0.153 e. The monoisotopic (exact) mass is 330 g/mol. The summed E-state index contributed by atoms with van der Waals surface area (Å²) in [6.07, 6.45) is 11.1. The minimum atomic E-state index is 0.490. The molecule has 0 amide bonds. The topological polar surface area (TPSA) is 41.5 Å². The van der Waals surface area contributed by atoms with Gasteiger partial charge in [-0.15, -0.1) is 0 Å². The van der Waals surface area contributed by atoms with E-state index < -0.39 is 0 Å². The molecule has 24 heavy (non-hydrogen) atoms. The number of fused-ring (bicyclic) bond motifs is 4. The molecule has 0 N–H and O–H groups in total. The van der Waals surface area contributed by atoms with Gasteiger partial charge in [0.1, 0.15) is 6.61 Å². The Morgan fingerprint density at radius 1 is 1.08 bits per heavy atom. The van der Waals surface area contributed by atoms with Crippen LogP contribution in [0.4, 0.5) is 0 Å². The van der Waals surface area contributed by atoms with Crippen LogP contribution < -0.4 is 0 Å². The van der Waals surface area contributed by atoms with Gasteiger partial charge in [0.05, 0.1) is 0 Å². The van der Waals surface area contributed by atoms with E-state index in [4.69, 9.17) is 4.74 Å². The van der Waals surface area contributed by atoms with Crippen molar-refractivity contribution in [1.82, 2.24) is 19.8 Å². The Balaban J connectivity index is 1.36. The first-order chi connectivity index (χ1) is 11.8. The zero-order valence-electron chi connectivity index (χ0n) is 14.9. The number of nitrogens with zero attached hydrogens (tertiary/aromatic N) is 4. The molecule has 4 aliphatic rings. The van der Waals surface area contributed by atoms with Crippen LogP contribution in [0.3, 0.4) is 0 Å². The van der Waals surface area contributed by atoms with E-state index in [1.165, 1.54) is 63.8 Å². The number of hydrogen-bond donors (Lipinski definition) is 0. The van der Waals surface area contributed by atoms with Gasteiger partial charge in [0.15, 0.2) is 5.82 Å². The Morgan fingerprint density at radius 3 is 2.62 bits per heavy atom. The molecular formula is C19H30N4O. The Kier molecular flexibility index (Phi) is 5.11. The van der Waals surface area contributed by atoms with E-state index in [9.17, 15) is 0 Å². The van der Waals surface area contributed by atoms with E-state index in [0.717, 1.165) is 30.2 Å². The van der Waals surface area contributed by atoms with Crippen LogP contribution in [0, 0.1) is 11.8 Å². The van der Waals surface area contributed by atoms with Crippen molar-refractivity contribution >= 4 is 0 Å². The zero-order valence-corrected chi connectivity index (χ0v) is 14.9. The average Bonchev–Trinajstić information content (AvgIpc) is 2.83. The molecule has 3 aliphatic heterocycles. The minimum Gasteiger partial charge on any atom is -0.377 e. The second-order valence-corrected chi connectivity index (χ2v) is 7.98. The molecule has 2 bridgehead atoms. The van der Waals surface area contributed by atoms with Gasteiger partial charge in [-0.25, -0.2) is 9.97 Å². The summed E-state index contributed by atoms with van der Waals surface area (Å²) < 4.78 is 5.09. The number of methoxy groups -OCH3 is 1. The van der Waals surface area contributed by atoms with Crippen LogP contribution in [0.15, 0.2) is 12.4 Å².